The lowest BCUT2D eigenvalue weighted by atomic mass is 10.2. The Morgan fingerprint density at radius 1 is 1.40 bits per heavy atom. The Bertz CT molecular complexity index is 584. The third-order valence-corrected chi connectivity index (χ3v) is 3.47. The molecule has 0 amide bonds. The summed E-state index contributed by atoms with van der Waals surface area (Å²) in [5.41, 5.74) is 1.14. The molecule has 2 heterocycles. The Kier molecular flexibility index (Phi) is 4.29. The van der Waals surface area contributed by atoms with Crippen LogP contribution in [0.25, 0.3) is 0 Å². The van der Waals surface area contributed by atoms with Gasteiger partial charge in [-0.25, -0.2) is 4.79 Å². The van der Waals surface area contributed by atoms with Crippen molar-refractivity contribution in [2.75, 3.05) is 14.2 Å². The fourth-order valence-electron chi connectivity index (χ4n) is 1.99. The van der Waals surface area contributed by atoms with Gasteiger partial charge in [-0.1, -0.05) is 0 Å². The number of nitrogens with zero attached hydrogens (tertiary/aromatic N) is 1. The minimum absolute atomic E-state index is 0.0442. The van der Waals surface area contributed by atoms with E-state index in [0.717, 1.165) is 23.6 Å². The van der Waals surface area contributed by atoms with Crippen LogP contribution in [-0.4, -0.2) is 25.0 Å². The number of hydrogen-bond acceptors (Lipinski definition) is 5. The van der Waals surface area contributed by atoms with Crippen molar-refractivity contribution in [1.82, 2.24) is 4.90 Å². The molecule has 0 fully saturated rings. The third-order valence-electron chi connectivity index (χ3n) is 3.47. The summed E-state index contributed by atoms with van der Waals surface area (Å²) in [7, 11) is 3.33. The van der Waals surface area contributed by atoms with E-state index < -0.39 is 5.97 Å². The first kappa shape index (κ1) is 14.4. The molecule has 0 spiro atoms. The standard InChI is InChI=1S/C15H19NO4/c1-10(13-5-6-14(20-13)15(17)18-4)16(3)9-12-7-8-19-11(12)2/h5-8,10H,9H2,1-4H3. The monoisotopic (exact) mass is 277 g/mol. The highest BCUT2D eigenvalue weighted by Crippen LogP contribution is 2.24. The molecule has 2 aromatic rings. The van der Waals surface area contributed by atoms with Crippen LogP contribution >= 0.6 is 0 Å². The zero-order chi connectivity index (χ0) is 14.7. The van der Waals surface area contributed by atoms with Crippen LogP contribution in [0.1, 0.15) is 40.6 Å². The van der Waals surface area contributed by atoms with Crippen LogP contribution in [0.4, 0.5) is 0 Å². The molecule has 0 radical (unpaired) electrons. The molecule has 108 valence electrons. The van der Waals surface area contributed by atoms with Gasteiger partial charge in [0.1, 0.15) is 11.5 Å². The number of furan rings is 2. The summed E-state index contributed by atoms with van der Waals surface area (Å²) in [4.78, 5) is 13.5. The molecular weight excluding hydrogens is 258 g/mol. The molecule has 2 rings (SSSR count). The molecule has 2 aromatic heterocycles. The van der Waals surface area contributed by atoms with Crippen LogP contribution in [0, 0.1) is 6.92 Å². The summed E-state index contributed by atoms with van der Waals surface area (Å²) in [6, 6.07) is 5.44. The van der Waals surface area contributed by atoms with Gasteiger partial charge >= 0.3 is 5.97 Å². The van der Waals surface area contributed by atoms with Gasteiger partial charge < -0.3 is 13.6 Å². The van der Waals surface area contributed by atoms with Gasteiger partial charge in [-0.05, 0) is 39.1 Å². The quantitative estimate of drug-likeness (QED) is 0.786. The van der Waals surface area contributed by atoms with E-state index in [1.165, 1.54) is 7.11 Å². The van der Waals surface area contributed by atoms with E-state index >= 15 is 0 Å². The van der Waals surface area contributed by atoms with E-state index in [0.29, 0.717) is 0 Å². The van der Waals surface area contributed by atoms with Crippen LogP contribution in [0.2, 0.25) is 0 Å². The highest BCUT2D eigenvalue weighted by Gasteiger charge is 2.19. The maximum atomic E-state index is 11.4. The molecule has 0 saturated heterocycles. The van der Waals surface area contributed by atoms with Crippen molar-refractivity contribution < 1.29 is 18.4 Å². The minimum atomic E-state index is -0.461. The first-order chi connectivity index (χ1) is 9.52. The number of ether oxygens (including phenoxy) is 1. The maximum absolute atomic E-state index is 11.4. The number of carbonyl (C=O) groups is 1. The number of rotatable bonds is 5. The van der Waals surface area contributed by atoms with Crippen molar-refractivity contribution in [3.8, 4) is 0 Å². The first-order valence-electron chi connectivity index (χ1n) is 6.44. The molecule has 0 bridgehead atoms. The van der Waals surface area contributed by atoms with Crippen molar-refractivity contribution in [2.45, 2.75) is 26.4 Å². The maximum Gasteiger partial charge on any atom is 0.373 e. The van der Waals surface area contributed by atoms with Crippen molar-refractivity contribution in [2.24, 2.45) is 0 Å². The Morgan fingerprint density at radius 2 is 2.15 bits per heavy atom. The van der Waals surface area contributed by atoms with Crippen molar-refractivity contribution in [3.63, 3.8) is 0 Å². The second-order valence-corrected chi connectivity index (χ2v) is 4.79. The van der Waals surface area contributed by atoms with Gasteiger partial charge in [0.15, 0.2) is 0 Å². The van der Waals surface area contributed by atoms with Gasteiger partial charge in [-0.2, -0.15) is 0 Å². The molecule has 0 N–H and O–H groups in total. The molecule has 5 nitrogen and oxygen atoms in total. The van der Waals surface area contributed by atoms with E-state index in [1.54, 1.807) is 18.4 Å². The van der Waals surface area contributed by atoms with Gasteiger partial charge in [0.05, 0.1) is 19.4 Å². The van der Waals surface area contributed by atoms with Gasteiger partial charge in [-0.3, -0.25) is 4.90 Å². The van der Waals surface area contributed by atoms with Crippen LogP contribution in [0.3, 0.4) is 0 Å². The molecule has 0 saturated carbocycles. The SMILES string of the molecule is COC(=O)c1ccc(C(C)N(C)Cc2ccoc2C)o1. The average molecular weight is 277 g/mol. The van der Waals surface area contributed by atoms with E-state index in [-0.39, 0.29) is 11.8 Å². The van der Waals surface area contributed by atoms with Gasteiger partial charge in [0.2, 0.25) is 5.76 Å². The number of methoxy groups -OCH3 is 1. The third kappa shape index (κ3) is 2.93. The Balaban J connectivity index is 2.06. The molecule has 1 unspecified atom stereocenters. The highest BCUT2D eigenvalue weighted by atomic mass is 16.5. The number of esters is 1. The molecule has 1 atom stereocenters. The van der Waals surface area contributed by atoms with Crippen molar-refractivity contribution in [3.05, 3.63) is 47.3 Å². The Hall–Kier alpha value is -2.01. The predicted molar refractivity (Wildman–Crippen MR) is 73.4 cm³/mol. The highest BCUT2D eigenvalue weighted by molar-refractivity contribution is 5.86. The summed E-state index contributed by atoms with van der Waals surface area (Å²) in [6.07, 6.45) is 1.69. The van der Waals surface area contributed by atoms with Gasteiger partial charge in [0, 0.05) is 12.1 Å². The van der Waals surface area contributed by atoms with Gasteiger partial charge in [-0.15, -0.1) is 0 Å². The molecule has 0 aliphatic heterocycles. The molecule has 0 aliphatic carbocycles. The van der Waals surface area contributed by atoms with Crippen LogP contribution in [0.15, 0.2) is 33.3 Å². The zero-order valence-corrected chi connectivity index (χ0v) is 12.2. The van der Waals surface area contributed by atoms with Crippen LogP contribution in [-0.2, 0) is 11.3 Å². The van der Waals surface area contributed by atoms with Crippen LogP contribution in [0.5, 0.6) is 0 Å². The summed E-state index contributed by atoms with van der Waals surface area (Å²) in [6.45, 7) is 4.71. The van der Waals surface area contributed by atoms with Gasteiger partial charge in [0.25, 0.3) is 0 Å². The minimum Gasteiger partial charge on any atom is -0.469 e. The second kappa shape index (κ2) is 5.96. The van der Waals surface area contributed by atoms with E-state index in [2.05, 4.69) is 9.64 Å². The number of carbonyl (C=O) groups excluding carboxylic acids is 1. The molecule has 5 heteroatoms. The molecule has 0 aromatic carbocycles. The van der Waals surface area contributed by atoms with Crippen molar-refractivity contribution >= 4 is 5.97 Å². The predicted octanol–water partition coefficient (Wildman–Crippen LogP) is 3.16. The number of hydrogen-bond donors (Lipinski definition) is 0. The summed E-state index contributed by atoms with van der Waals surface area (Å²) < 4.78 is 15.5. The summed E-state index contributed by atoms with van der Waals surface area (Å²) in [5, 5.41) is 0. The second-order valence-electron chi connectivity index (χ2n) is 4.79. The largest absolute Gasteiger partial charge is 0.469 e. The van der Waals surface area contributed by atoms with Crippen molar-refractivity contribution in [1.29, 1.82) is 0 Å². The lowest BCUT2D eigenvalue weighted by Crippen LogP contribution is -2.21. The molecule has 0 aliphatic rings. The summed E-state index contributed by atoms with van der Waals surface area (Å²) in [5.74, 6) is 1.41. The number of aryl methyl sites for hydroxylation is 1. The Labute approximate surface area is 118 Å². The fourth-order valence-corrected chi connectivity index (χ4v) is 1.99. The lowest BCUT2D eigenvalue weighted by molar-refractivity contribution is 0.0559. The Morgan fingerprint density at radius 3 is 2.75 bits per heavy atom. The molecular formula is C15H19NO4. The normalized spacial score (nSPS) is 12.7. The average Bonchev–Trinajstić information content (AvgIpc) is 3.07. The zero-order valence-electron chi connectivity index (χ0n) is 12.2. The fraction of sp³-hybridized carbons (Fsp3) is 0.400. The van der Waals surface area contributed by atoms with Crippen LogP contribution < -0.4 is 0 Å². The lowest BCUT2D eigenvalue weighted by Gasteiger charge is -2.22. The van der Waals surface area contributed by atoms with E-state index in [9.17, 15) is 4.79 Å². The smallest absolute Gasteiger partial charge is 0.373 e. The molecule has 20 heavy (non-hydrogen) atoms. The van der Waals surface area contributed by atoms with E-state index in [1.807, 2.05) is 27.0 Å². The van der Waals surface area contributed by atoms with E-state index in [4.69, 9.17) is 8.83 Å². The first-order valence-corrected chi connectivity index (χ1v) is 6.44. The summed E-state index contributed by atoms with van der Waals surface area (Å²) >= 11 is 0. The topological polar surface area (TPSA) is 55.8 Å².